The van der Waals surface area contributed by atoms with E-state index in [0.29, 0.717) is 0 Å². The molecule has 0 amide bonds. The molecule has 0 bridgehead atoms. The molecule has 20 heavy (non-hydrogen) atoms. The largest absolute Gasteiger partial charge is 0.497 e. The van der Waals surface area contributed by atoms with Gasteiger partial charge >= 0.3 is 6.18 Å². The van der Waals surface area contributed by atoms with Crippen LogP contribution in [-0.4, -0.2) is 17.1 Å². The molecular weight excluding hydrogens is 278 g/mol. The van der Waals surface area contributed by atoms with Gasteiger partial charge in [-0.1, -0.05) is 0 Å². The molecule has 0 aliphatic rings. The summed E-state index contributed by atoms with van der Waals surface area (Å²) in [6.07, 6.45) is -4.76. The molecule has 0 radical (unpaired) electrons. The molecule has 0 aliphatic carbocycles. The van der Waals surface area contributed by atoms with Crippen LogP contribution in [0.3, 0.4) is 0 Å². The van der Waals surface area contributed by atoms with Crippen LogP contribution in [0, 0.1) is 5.82 Å². The maximum absolute atomic E-state index is 13.8. The number of hydrogen-bond donors (Lipinski definition) is 1. The molecular formula is C12H9F4N3O. The molecule has 8 heteroatoms. The minimum Gasteiger partial charge on any atom is -0.497 e. The molecule has 0 saturated carbocycles. The monoisotopic (exact) mass is 287 g/mol. The summed E-state index contributed by atoms with van der Waals surface area (Å²) in [5.74, 6) is -2.33. The minimum atomic E-state index is -4.76. The Kier molecular flexibility index (Phi) is 3.47. The maximum Gasteiger partial charge on any atom is 0.451 e. The van der Waals surface area contributed by atoms with E-state index in [-0.39, 0.29) is 17.0 Å². The molecule has 0 fully saturated rings. The molecule has 0 aliphatic heterocycles. The van der Waals surface area contributed by atoms with Gasteiger partial charge in [0.1, 0.15) is 17.4 Å². The van der Waals surface area contributed by atoms with Gasteiger partial charge in [-0.3, -0.25) is 0 Å². The molecule has 1 aromatic heterocycles. The summed E-state index contributed by atoms with van der Waals surface area (Å²) in [6, 6.07) is 4.78. The Morgan fingerprint density at radius 3 is 2.40 bits per heavy atom. The lowest BCUT2D eigenvalue weighted by atomic mass is 10.1. The Labute approximate surface area is 111 Å². The zero-order valence-corrected chi connectivity index (χ0v) is 10.2. The Hall–Kier alpha value is -2.38. The van der Waals surface area contributed by atoms with E-state index in [2.05, 4.69) is 9.97 Å². The average Bonchev–Trinajstić information content (AvgIpc) is 2.36. The summed E-state index contributed by atoms with van der Waals surface area (Å²) >= 11 is 0. The molecule has 1 heterocycles. The summed E-state index contributed by atoms with van der Waals surface area (Å²) in [7, 11) is 1.35. The second kappa shape index (κ2) is 4.95. The highest BCUT2D eigenvalue weighted by Crippen LogP contribution is 2.31. The maximum atomic E-state index is 13.8. The zero-order valence-electron chi connectivity index (χ0n) is 10.2. The van der Waals surface area contributed by atoms with Gasteiger partial charge in [-0.25, -0.2) is 14.4 Å². The molecule has 4 nitrogen and oxygen atoms in total. The highest BCUT2D eigenvalue weighted by molar-refractivity contribution is 5.63. The van der Waals surface area contributed by atoms with Crippen molar-refractivity contribution in [3.63, 3.8) is 0 Å². The fraction of sp³-hybridized carbons (Fsp3) is 0.167. The lowest BCUT2D eigenvalue weighted by molar-refractivity contribution is -0.144. The number of halogens is 4. The van der Waals surface area contributed by atoms with E-state index >= 15 is 0 Å². The molecule has 0 spiro atoms. The van der Waals surface area contributed by atoms with Gasteiger partial charge in [-0.05, 0) is 12.1 Å². The SMILES string of the molecule is COc1ccc(-c2cc(N)nc(C(F)(F)F)n2)c(F)c1. The van der Waals surface area contributed by atoms with Crippen molar-refractivity contribution in [2.45, 2.75) is 6.18 Å². The lowest BCUT2D eigenvalue weighted by Gasteiger charge is -2.09. The van der Waals surface area contributed by atoms with Crippen LogP contribution in [0.2, 0.25) is 0 Å². The van der Waals surface area contributed by atoms with Crippen molar-refractivity contribution in [1.29, 1.82) is 0 Å². The van der Waals surface area contributed by atoms with Gasteiger partial charge < -0.3 is 10.5 Å². The number of hydrogen-bond acceptors (Lipinski definition) is 4. The van der Waals surface area contributed by atoms with Crippen LogP contribution < -0.4 is 10.5 Å². The minimum absolute atomic E-state index is 0.120. The van der Waals surface area contributed by atoms with Crippen molar-refractivity contribution >= 4 is 5.82 Å². The van der Waals surface area contributed by atoms with Gasteiger partial charge in [0.2, 0.25) is 5.82 Å². The normalized spacial score (nSPS) is 11.4. The first kappa shape index (κ1) is 14.0. The first-order valence-corrected chi connectivity index (χ1v) is 5.37. The second-order valence-corrected chi connectivity index (χ2v) is 3.85. The van der Waals surface area contributed by atoms with Crippen molar-refractivity contribution in [2.75, 3.05) is 12.8 Å². The van der Waals surface area contributed by atoms with Crippen LogP contribution in [0.5, 0.6) is 5.75 Å². The molecule has 0 unspecified atom stereocenters. The van der Waals surface area contributed by atoms with E-state index in [1.807, 2.05) is 0 Å². The second-order valence-electron chi connectivity index (χ2n) is 3.85. The third-order valence-electron chi connectivity index (χ3n) is 2.45. The standard InChI is InChI=1S/C12H9F4N3O/c1-20-6-2-3-7(8(13)4-6)9-5-10(17)19-11(18-9)12(14,15)16/h2-5H,1H3,(H2,17,18,19). The van der Waals surface area contributed by atoms with E-state index in [0.717, 1.165) is 12.1 Å². The number of nitrogens with two attached hydrogens (primary N) is 1. The number of benzene rings is 1. The number of alkyl halides is 3. The van der Waals surface area contributed by atoms with Crippen LogP contribution in [0.15, 0.2) is 24.3 Å². The molecule has 0 saturated heterocycles. The predicted octanol–water partition coefficient (Wildman–Crippen LogP) is 2.89. The van der Waals surface area contributed by atoms with E-state index in [9.17, 15) is 17.6 Å². The summed E-state index contributed by atoms with van der Waals surface area (Å²) < 4.78 is 56.4. The topological polar surface area (TPSA) is 61.0 Å². The number of rotatable bonds is 2. The summed E-state index contributed by atoms with van der Waals surface area (Å²) in [4.78, 5) is 6.38. The fourth-order valence-corrected chi connectivity index (χ4v) is 1.56. The van der Waals surface area contributed by atoms with Crippen molar-refractivity contribution in [1.82, 2.24) is 9.97 Å². The molecule has 106 valence electrons. The first-order valence-electron chi connectivity index (χ1n) is 5.37. The Bertz CT molecular complexity index is 643. The predicted molar refractivity (Wildman–Crippen MR) is 63.4 cm³/mol. The number of ether oxygens (including phenoxy) is 1. The molecule has 2 rings (SSSR count). The Morgan fingerprint density at radius 2 is 1.85 bits per heavy atom. The van der Waals surface area contributed by atoms with Crippen molar-refractivity contribution in [3.8, 4) is 17.0 Å². The average molecular weight is 287 g/mol. The fourth-order valence-electron chi connectivity index (χ4n) is 1.56. The number of anilines is 1. The van der Waals surface area contributed by atoms with E-state index in [1.165, 1.54) is 19.2 Å². The molecule has 2 aromatic rings. The van der Waals surface area contributed by atoms with E-state index in [1.54, 1.807) is 0 Å². The number of nitrogen functional groups attached to an aromatic ring is 1. The number of aromatic nitrogens is 2. The highest BCUT2D eigenvalue weighted by atomic mass is 19.4. The summed E-state index contributed by atoms with van der Waals surface area (Å²) in [6.45, 7) is 0. The zero-order chi connectivity index (χ0) is 14.9. The van der Waals surface area contributed by atoms with E-state index < -0.39 is 23.6 Å². The van der Waals surface area contributed by atoms with Crippen molar-refractivity contribution in [2.24, 2.45) is 0 Å². The van der Waals surface area contributed by atoms with Gasteiger partial charge in [0.05, 0.1) is 12.8 Å². The Morgan fingerprint density at radius 1 is 1.15 bits per heavy atom. The van der Waals surface area contributed by atoms with Crippen LogP contribution in [0.25, 0.3) is 11.3 Å². The third-order valence-corrected chi connectivity index (χ3v) is 2.45. The lowest BCUT2D eigenvalue weighted by Crippen LogP contribution is -2.13. The number of methoxy groups -OCH3 is 1. The molecule has 0 atom stereocenters. The first-order chi connectivity index (χ1) is 9.31. The van der Waals surface area contributed by atoms with Crippen LogP contribution in [-0.2, 0) is 6.18 Å². The quantitative estimate of drug-likeness (QED) is 0.863. The van der Waals surface area contributed by atoms with Gasteiger partial charge in [0, 0.05) is 17.7 Å². The molecule has 2 N–H and O–H groups in total. The van der Waals surface area contributed by atoms with Gasteiger partial charge in [-0.15, -0.1) is 0 Å². The molecule has 1 aromatic carbocycles. The summed E-state index contributed by atoms with van der Waals surface area (Å²) in [5, 5.41) is 0. The number of nitrogens with zero attached hydrogens (tertiary/aromatic N) is 2. The smallest absolute Gasteiger partial charge is 0.451 e. The van der Waals surface area contributed by atoms with Crippen LogP contribution in [0.4, 0.5) is 23.4 Å². The van der Waals surface area contributed by atoms with Crippen molar-refractivity contribution in [3.05, 3.63) is 35.9 Å². The van der Waals surface area contributed by atoms with Gasteiger partial charge in [0.15, 0.2) is 0 Å². The van der Waals surface area contributed by atoms with E-state index in [4.69, 9.17) is 10.5 Å². The Balaban J connectivity index is 2.55. The van der Waals surface area contributed by atoms with Gasteiger partial charge in [0.25, 0.3) is 0 Å². The summed E-state index contributed by atoms with van der Waals surface area (Å²) in [5.41, 5.74) is 4.94. The van der Waals surface area contributed by atoms with Crippen LogP contribution in [0.1, 0.15) is 5.82 Å². The third kappa shape index (κ3) is 2.79. The van der Waals surface area contributed by atoms with Crippen molar-refractivity contribution < 1.29 is 22.3 Å². The van der Waals surface area contributed by atoms with Gasteiger partial charge in [-0.2, -0.15) is 13.2 Å². The van der Waals surface area contributed by atoms with Crippen LogP contribution >= 0.6 is 0 Å². The highest BCUT2D eigenvalue weighted by Gasteiger charge is 2.35.